The normalized spacial score (nSPS) is 11.3. The van der Waals surface area contributed by atoms with Gasteiger partial charge in [-0.3, -0.25) is 19.7 Å². The van der Waals surface area contributed by atoms with Crippen molar-refractivity contribution in [3.8, 4) is 22.7 Å². The van der Waals surface area contributed by atoms with Crippen LogP contribution in [0, 0.1) is 17.0 Å². The highest BCUT2D eigenvalue weighted by Gasteiger charge is 2.14. The SMILES string of the molecule is CC(=O)O.Cc1ccccc1-c1nc2sc(=Cc3ccc(-c4cccc([N+](=O)[O-])c4)o3)c(=O)n2n1. The first-order valence-electron chi connectivity index (χ1n) is 10.2. The molecule has 35 heavy (non-hydrogen) atoms. The third-order valence-corrected chi connectivity index (χ3v) is 5.77. The first-order chi connectivity index (χ1) is 16.7. The number of nitro benzene ring substituents is 1. The Morgan fingerprint density at radius 1 is 1.17 bits per heavy atom. The molecule has 0 spiro atoms. The van der Waals surface area contributed by atoms with E-state index in [1.54, 1.807) is 30.3 Å². The van der Waals surface area contributed by atoms with Gasteiger partial charge in [-0.2, -0.15) is 9.50 Å². The first-order valence-corrected chi connectivity index (χ1v) is 11.1. The number of hydrogen-bond donors (Lipinski definition) is 1. The lowest BCUT2D eigenvalue weighted by Crippen LogP contribution is -2.23. The van der Waals surface area contributed by atoms with Gasteiger partial charge in [0, 0.05) is 36.3 Å². The summed E-state index contributed by atoms with van der Waals surface area (Å²) < 4.78 is 7.51. The van der Waals surface area contributed by atoms with Crippen LogP contribution in [-0.4, -0.2) is 30.6 Å². The maximum absolute atomic E-state index is 12.8. The van der Waals surface area contributed by atoms with Crippen molar-refractivity contribution in [2.45, 2.75) is 13.8 Å². The lowest BCUT2D eigenvalue weighted by molar-refractivity contribution is -0.384. The molecular weight excluding hydrogens is 472 g/mol. The number of carboxylic acid groups (broad SMARTS) is 1. The van der Waals surface area contributed by atoms with Crippen LogP contribution in [-0.2, 0) is 4.79 Å². The van der Waals surface area contributed by atoms with E-state index in [9.17, 15) is 14.9 Å². The van der Waals surface area contributed by atoms with Crippen LogP contribution in [0.4, 0.5) is 5.69 Å². The Kier molecular flexibility index (Phi) is 6.51. The average molecular weight is 490 g/mol. The molecule has 5 aromatic rings. The summed E-state index contributed by atoms with van der Waals surface area (Å²) >= 11 is 1.22. The molecule has 176 valence electrons. The summed E-state index contributed by atoms with van der Waals surface area (Å²) in [5.74, 6) is 0.616. The standard InChI is InChI=1S/C22H14N4O4S.C2H4O2/c1-13-5-2-3-8-17(13)20-23-22-25(24-20)21(27)19(31-22)12-16-9-10-18(30-16)14-6-4-7-15(11-14)26(28)29;1-2(3)4/h2-12H,1H3;1H3,(H,3,4). The number of rotatable bonds is 4. The minimum Gasteiger partial charge on any atom is -0.481 e. The summed E-state index contributed by atoms with van der Waals surface area (Å²) in [6.45, 7) is 3.05. The Bertz CT molecular complexity index is 1660. The van der Waals surface area contributed by atoms with Crippen molar-refractivity contribution in [2.75, 3.05) is 0 Å². The van der Waals surface area contributed by atoms with E-state index in [2.05, 4.69) is 10.1 Å². The molecule has 10 nitrogen and oxygen atoms in total. The van der Waals surface area contributed by atoms with Crippen LogP contribution >= 0.6 is 11.3 Å². The van der Waals surface area contributed by atoms with Gasteiger partial charge >= 0.3 is 0 Å². The lowest BCUT2D eigenvalue weighted by Gasteiger charge is -1.98. The Hall–Kier alpha value is -4.64. The minimum absolute atomic E-state index is 0.0173. The fraction of sp³-hybridized carbons (Fsp3) is 0.0833. The molecule has 0 aliphatic carbocycles. The van der Waals surface area contributed by atoms with E-state index in [-0.39, 0.29) is 11.2 Å². The number of nitrogens with zero attached hydrogens (tertiary/aromatic N) is 4. The predicted molar refractivity (Wildman–Crippen MR) is 130 cm³/mol. The van der Waals surface area contributed by atoms with E-state index >= 15 is 0 Å². The number of aliphatic carboxylic acids is 1. The van der Waals surface area contributed by atoms with E-state index in [4.69, 9.17) is 14.3 Å². The Morgan fingerprint density at radius 3 is 2.60 bits per heavy atom. The van der Waals surface area contributed by atoms with Gasteiger partial charge < -0.3 is 9.52 Å². The molecule has 0 amide bonds. The van der Waals surface area contributed by atoms with Crippen molar-refractivity contribution in [1.29, 1.82) is 0 Å². The van der Waals surface area contributed by atoms with Gasteiger partial charge in [-0.15, -0.1) is 5.10 Å². The van der Waals surface area contributed by atoms with Crippen molar-refractivity contribution in [1.82, 2.24) is 14.6 Å². The van der Waals surface area contributed by atoms with Gasteiger partial charge in [-0.05, 0) is 24.6 Å². The quantitative estimate of drug-likeness (QED) is 0.295. The van der Waals surface area contributed by atoms with E-state index in [1.165, 1.54) is 28.0 Å². The highest BCUT2D eigenvalue weighted by atomic mass is 32.1. The van der Waals surface area contributed by atoms with Crippen molar-refractivity contribution in [3.63, 3.8) is 0 Å². The maximum atomic E-state index is 12.8. The highest BCUT2D eigenvalue weighted by Crippen LogP contribution is 2.26. The number of benzene rings is 2. The fourth-order valence-electron chi connectivity index (χ4n) is 3.26. The second-order valence-corrected chi connectivity index (χ2v) is 8.40. The van der Waals surface area contributed by atoms with Gasteiger partial charge in [0.15, 0.2) is 5.82 Å². The van der Waals surface area contributed by atoms with Gasteiger partial charge in [0.2, 0.25) is 4.96 Å². The zero-order valence-electron chi connectivity index (χ0n) is 18.5. The number of carboxylic acids is 1. The molecule has 11 heteroatoms. The molecule has 3 heterocycles. The summed E-state index contributed by atoms with van der Waals surface area (Å²) in [5.41, 5.74) is 2.21. The summed E-state index contributed by atoms with van der Waals surface area (Å²) in [5, 5.41) is 22.8. The molecule has 0 aliphatic heterocycles. The third-order valence-electron chi connectivity index (χ3n) is 4.81. The molecule has 1 N–H and O–H groups in total. The van der Waals surface area contributed by atoms with Crippen molar-refractivity contribution in [2.24, 2.45) is 0 Å². The molecular formula is C24H18N4O6S. The van der Waals surface area contributed by atoms with Crippen LogP contribution in [0.1, 0.15) is 18.2 Å². The van der Waals surface area contributed by atoms with Crippen LogP contribution in [0.25, 0.3) is 33.7 Å². The van der Waals surface area contributed by atoms with E-state index in [1.807, 2.05) is 31.2 Å². The monoisotopic (exact) mass is 490 g/mol. The fourth-order valence-corrected chi connectivity index (χ4v) is 4.15. The topological polar surface area (TPSA) is 141 Å². The molecule has 0 saturated carbocycles. The van der Waals surface area contributed by atoms with Gasteiger partial charge in [0.05, 0.1) is 4.92 Å². The number of aryl methyl sites for hydroxylation is 1. The number of thiazole rings is 1. The molecule has 2 aromatic carbocycles. The summed E-state index contributed by atoms with van der Waals surface area (Å²) in [6.07, 6.45) is 1.62. The molecule has 0 radical (unpaired) electrons. The first kappa shape index (κ1) is 23.5. The minimum atomic E-state index is -0.833. The van der Waals surface area contributed by atoms with E-state index in [0.717, 1.165) is 18.1 Å². The Morgan fingerprint density at radius 2 is 1.91 bits per heavy atom. The zero-order chi connectivity index (χ0) is 25.1. The van der Waals surface area contributed by atoms with E-state index in [0.29, 0.717) is 32.4 Å². The van der Waals surface area contributed by atoms with Gasteiger partial charge in [0.25, 0.3) is 17.2 Å². The zero-order valence-corrected chi connectivity index (χ0v) is 19.4. The molecule has 0 bridgehead atoms. The van der Waals surface area contributed by atoms with Crippen LogP contribution in [0.3, 0.4) is 0 Å². The Balaban J connectivity index is 0.000000672. The maximum Gasteiger partial charge on any atom is 0.300 e. The predicted octanol–water partition coefficient (Wildman–Crippen LogP) is 3.93. The second-order valence-electron chi connectivity index (χ2n) is 7.39. The lowest BCUT2D eigenvalue weighted by atomic mass is 10.1. The second kappa shape index (κ2) is 9.69. The average Bonchev–Trinajstić information content (AvgIpc) is 3.51. The van der Waals surface area contributed by atoms with Crippen molar-refractivity contribution in [3.05, 3.63) is 97.0 Å². The smallest absolute Gasteiger partial charge is 0.300 e. The molecule has 3 aromatic heterocycles. The third kappa shape index (κ3) is 5.14. The van der Waals surface area contributed by atoms with Crippen LogP contribution in [0.15, 0.2) is 69.9 Å². The largest absolute Gasteiger partial charge is 0.481 e. The van der Waals surface area contributed by atoms with Gasteiger partial charge in [-0.25, -0.2) is 0 Å². The number of aromatic nitrogens is 3. The highest BCUT2D eigenvalue weighted by molar-refractivity contribution is 7.15. The molecule has 5 rings (SSSR count). The molecule has 0 saturated heterocycles. The molecule has 0 atom stereocenters. The van der Waals surface area contributed by atoms with E-state index < -0.39 is 10.9 Å². The van der Waals surface area contributed by atoms with Gasteiger partial charge in [0.1, 0.15) is 16.1 Å². The summed E-state index contributed by atoms with van der Waals surface area (Å²) in [6, 6.07) is 17.3. The van der Waals surface area contributed by atoms with Gasteiger partial charge in [-0.1, -0.05) is 47.7 Å². The van der Waals surface area contributed by atoms with Crippen LogP contribution in [0.2, 0.25) is 0 Å². The number of carbonyl (C=O) groups is 1. The van der Waals surface area contributed by atoms with Crippen LogP contribution < -0.4 is 10.1 Å². The molecule has 0 fully saturated rings. The van der Waals surface area contributed by atoms with Crippen LogP contribution in [0.5, 0.6) is 0 Å². The number of hydrogen-bond acceptors (Lipinski definition) is 8. The molecule has 0 unspecified atom stereocenters. The Labute approximate surface area is 201 Å². The summed E-state index contributed by atoms with van der Waals surface area (Å²) in [4.78, 5) is 37.3. The number of non-ortho nitro benzene ring substituents is 1. The summed E-state index contributed by atoms with van der Waals surface area (Å²) in [7, 11) is 0. The number of furan rings is 1. The number of nitro groups is 1. The van der Waals surface area contributed by atoms with Crippen molar-refractivity contribution >= 4 is 34.0 Å². The van der Waals surface area contributed by atoms with Crippen molar-refractivity contribution < 1.29 is 19.2 Å². The number of fused-ring (bicyclic) bond motifs is 1. The molecule has 0 aliphatic rings.